The third-order valence-electron chi connectivity index (χ3n) is 5.27. The lowest BCUT2D eigenvalue weighted by molar-refractivity contribution is 0.430. The molecule has 0 spiro atoms. The summed E-state index contributed by atoms with van der Waals surface area (Å²) in [6.07, 6.45) is 6.76. The van der Waals surface area contributed by atoms with Gasteiger partial charge in [-0.2, -0.15) is 4.52 Å². The van der Waals surface area contributed by atoms with Crippen LogP contribution in [0.2, 0.25) is 0 Å². The summed E-state index contributed by atoms with van der Waals surface area (Å²) in [4.78, 5) is 0. The Morgan fingerprint density at radius 3 is 1.65 bits per heavy atom. The maximum absolute atomic E-state index is 6.03. The van der Waals surface area contributed by atoms with E-state index >= 15 is 0 Å². The second-order valence-electron chi connectivity index (χ2n) is 10.2. The zero-order chi connectivity index (χ0) is 20.4. The Kier molecular flexibility index (Phi) is 8.18. The van der Waals surface area contributed by atoms with Crippen LogP contribution in [0, 0.1) is 17.5 Å². The van der Waals surface area contributed by atoms with Crippen molar-refractivity contribution in [3.63, 3.8) is 0 Å². The molecule has 0 unspecified atom stereocenters. The van der Waals surface area contributed by atoms with Gasteiger partial charge in [0.2, 0.25) is 0 Å². The fraction of sp³-hybridized carbons (Fsp3) is 0.909. The average Bonchev–Trinajstić information content (AvgIpc) is 2.49. The second-order valence-corrected chi connectivity index (χ2v) is 17.9. The zero-order valence-corrected chi connectivity index (χ0v) is 20.4. The lowest BCUT2D eigenvalue weighted by Crippen LogP contribution is -2.29. The largest absolute Gasteiger partial charge is 0.185 e. The Bertz CT molecular complexity index is 550. The summed E-state index contributed by atoms with van der Waals surface area (Å²) < 4.78 is 6.03. The van der Waals surface area contributed by atoms with Gasteiger partial charge in [-0.15, -0.1) is 0 Å². The SMILES string of the molecule is [BH3-][P+](N=P(C#CC1CCCCC1)(C(C)(C)C)C(C)(C)C)(C(C)C)C(C)C. The van der Waals surface area contributed by atoms with Crippen molar-refractivity contribution in [2.45, 2.75) is 123 Å². The van der Waals surface area contributed by atoms with Crippen LogP contribution < -0.4 is 0 Å². The molecule has 0 amide bonds. The van der Waals surface area contributed by atoms with Crippen LogP contribution in [0.15, 0.2) is 4.52 Å². The predicted molar refractivity (Wildman–Crippen MR) is 130 cm³/mol. The molecule has 0 N–H and O–H groups in total. The van der Waals surface area contributed by atoms with Gasteiger partial charge in [0, 0.05) is 27.5 Å². The molecule has 0 atom stereocenters. The van der Waals surface area contributed by atoms with Gasteiger partial charge in [0.05, 0.1) is 7.05 Å². The highest BCUT2D eigenvalue weighted by atomic mass is 31.2. The first kappa shape index (κ1) is 24.3. The highest BCUT2D eigenvalue weighted by molar-refractivity contribution is 8.01. The third kappa shape index (κ3) is 5.21. The van der Waals surface area contributed by atoms with Crippen molar-refractivity contribution in [3.05, 3.63) is 0 Å². The summed E-state index contributed by atoms with van der Waals surface area (Å²) in [5, 5.41) is 0.326. The quantitative estimate of drug-likeness (QED) is 0.268. The molecule has 152 valence electrons. The molecular formula is C22H46BNP2. The van der Waals surface area contributed by atoms with Crippen molar-refractivity contribution in [3.8, 4) is 11.6 Å². The van der Waals surface area contributed by atoms with Crippen LogP contribution in [0.3, 0.4) is 0 Å². The standard InChI is InChI=1S/C22H46BNP2/c1-18(2)26(23,19(3)4)24-25(21(5,6)7,22(8,9)10)17-16-20-14-12-11-13-15-20/h18-20H,11-15H2,1-10,23H3. The molecule has 1 saturated carbocycles. The van der Waals surface area contributed by atoms with E-state index in [1.807, 2.05) is 0 Å². The number of hydrogen-bond acceptors (Lipinski definition) is 1. The van der Waals surface area contributed by atoms with Gasteiger partial charge < -0.3 is 0 Å². The van der Waals surface area contributed by atoms with Crippen LogP contribution in [0.4, 0.5) is 0 Å². The molecule has 1 aliphatic carbocycles. The maximum atomic E-state index is 6.03. The molecule has 1 rings (SSSR count). The number of hydrogen-bond donors (Lipinski definition) is 0. The van der Waals surface area contributed by atoms with Gasteiger partial charge in [-0.1, -0.05) is 72.4 Å². The van der Waals surface area contributed by atoms with Crippen molar-refractivity contribution >= 4 is 21.9 Å². The van der Waals surface area contributed by atoms with E-state index in [0.717, 1.165) is 11.3 Å². The summed E-state index contributed by atoms with van der Waals surface area (Å²) >= 11 is 0. The molecule has 1 fully saturated rings. The highest BCUT2D eigenvalue weighted by Gasteiger charge is 2.47. The topological polar surface area (TPSA) is 12.4 Å². The minimum Gasteiger partial charge on any atom is -0.185 e. The van der Waals surface area contributed by atoms with Crippen molar-refractivity contribution in [2.75, 3.05) is 0 Å². The van der Waals surface area contributed by atoms with E-state index in [-0.39, 0.29) is 17.9 Å². The summed E-state index contributed by atoms with van der Waals surface area (Å²) in [7, 11) is -2.77. The molecule has 0 saturated heterocycles. The van der Waals surface area contributed by atoms with Crippen molar-refractivity contribution in [1.82, 2.24) is 0 Å². The molecule has 0 aromatic heterocycles. The van der Waals surface area contributed by atoms with Gasteiger partial charge in [0.15, 0.2) is 7.57 Å². The smallest absolute Gasteiger partial charge is 0.153 e. The van der Waals surface area contributed by atoms with Gasteiger partial charge in [-0.05, 0) is 47.8 Å². The Hall–Kier alpha value is 0.285. The molecular weight excluding hydrogens is 351 g/mol. The predicted octanol–water partition coefficient (Wildman–Crippen LogP) is 7.36. The van der Waals surface area contributed by atoms with E-state index in [4.69, 9.17) is 4.52 Å². The summed E-state index contributed by atoms with van der Waals surface area (Å²) in [5.41, 5.74) is 5.49. The molecule has 1 nitrogen and oxygen atoms in total. The number of nitrogens with zero attached hydrogens (tertiary/aromatic N) is 1. The molecule has 0 radical (unpaired) electrons. The van der Waals surface area contributed by atoms with Gasteiger partial charge in [-0.25, -0.2) is 0 Å². The van der Waals surface area contributed by atoms with Crippen molar-refractivity contribution < 1.29 is 0 Å². The van der Waals surface area contributed by atoms with Crippen molar-refractivity contribution in [2.24, 2.45) is 10.4 Å². The van der Waals surface area contributed by atoms with Crippen LogP contribution in [0.25, 0.3) is 0 Å². The van der Waals surface area contributed by atoms with Crippen LogP contribution in [0.5, 0.6) is 0 Å². The first-order chi connectivity index (χ1) is 11.7. The second kappa shape index (κ2) is 8.75. The Morgan fingerprint density at radius 1 is 0.885 bits per heavy atom. The van der Waals surface area contributed by atoms with Crippen LogP contribution in [-0.4, -0.2) is 29.2 Å². The normalized spacial score (nSPS) is 18.0. The van der Waals surface area contributed by atoms with E-state index in [1.54, 1.807) is 0 Å². The minimum absolute atomic E-state index is 0.163. The lowest BCUT2D eigenvalue weighted by atomic mass is 9.90. The molecule has 0 aliphatic heterocycles. The highest BCUT2D eigenvalue weighted by Crippen LogP contribution is 2.78. The zero-order valence-electron chi connectivity index (χ0n) is 18.6. The van der Waals surface area contributed by atoms with Gasteiger partial charge >= 0.3 is 0 Å². The summed E-state index contributed by atoms with van der Waals surface area (Å²) in [6.45, 7) is 24.3. The number of rotatable bonds is 3. The van der Waals surface area contributed by atoms with E-state index < -0.39 is 14.3 Å². The third-order valence-corrected chi connectivity index (χ3v) is 13.6. The lowest BCUT2D eigenvalue weighted by Gasteiger charge is -2.46. The van der Waals surface area contributed by atoms with Crippen LogP contribution in [-0.2, 0) is 0 Å². The average molecular weight is 397 g/mol. The van der Waals surface area contributed by atoms with E-state index in [9.17, 15) is 0 Å². The van der Waals surface area contributed by atoms with Crippen LogP contribution in [0.1, 0.15) is 101 Å². The van der Waals surface area contributed by atoms with E-state index in [2.05, 4.69) is 80.8 Å². The Morgan fingerprint density at radius 2 is 1.31 bits per heavy atom. The molecule has 0 bridgehead atoms. The first-order valence-electron chi connectivity index (χ1n) is 10.3. The monoisotopic (exact) mass is 397 g/mol. The Balaban J connectivity index is 3.71. The molecule has 1 aliphatic rings. The van der Waals surface area contributed by atoms with Gasteiger partial charge in [0.1, 0.15) is 0 Å². The Labute approximate surface area is 167 Å². The minimum atomic E-state index is -1.78. The van der Waals surface area contributed by atoms with Crippen LogP contribution >= 0.6 is 14.3 Å². The first-order valence-corrected chi connectivity index (χ1v) is 13.4. The fourth-order valence-electron chi connectivity index (χ4n) is 4.02. The van der Waals surface area contributed by atoms with E-state index in [1.165, 1.54) is 32.1 Å². The van der Waals surface area contributed by atoms with E-state index in [0.29, 0.717) is 5.92 Å². The molecule has 0 heterocycles. The molecule has 0 aromatic rings. The van der Waals surface area contributed by atoms with Gasteiger partial charge in [0.25, 0.3) is 0 Å². The maximum Gasteiger partial charge on any atom is 0.153 e. The summed E-state index contributed by atoms with van der Waals surface area (Å²) in [6, 6.07) is 0. The molecule has 0 aromatic carbocycles. The van der Waals surface area contributed by atoms with Gasteiger partial charge in [-0.3, -0.25) is 0 Å². The fourth-order valence-corrected chi connectivity index (χ4v) is 13.5. The summed E-state index contributed by atoms with van der Waals surface area (Å²) in [5.74, 6) is 4.45. The molecule has 4 heteroatoms. The molecule has 26 heavy (non-hydrogen) atoms. The van der Waals surface area contributed by atoms with Crippen molar-refractivity contribution in [1.29, 1.82) is 0 Å².